The fraction of sp³-hybridized carbons (Fsp3) is 0.231. The molecule has 18 heavy (non-hydrogen) atoms. The standard InChI is InChI=1S/C13H9Br2ClN2/c14-9-4-3-8(5-10(9)15)13-17-11(7-1-2-7)6-12(16)18-13/h3-7H,1-2H2. The first kappa shape index (κ1) is 12.6. The molecule has 1 saturated carbocycles. The normalized spacial score (nSPS) is 14.8. The summed E-state index contributed by atoms with van der Waals surface area (Å²) < 4.78 is 1.99. The number of hydrogen-bond donors (Lipinski definition) is 0. The average Bonchev–Trinajstić information content (AvgIpc) is 3.16. The lowest BCUT2D eigenvalue weighted by atomic mass is 10.2. The van der Waals surface area contributed by atoms with Crippen LogP contribution >= 0.6 is 43.5 Å². The Morgan fingerprint density at radius 3 is 2.50 bits per heavy atom. The van der Waals surface area contributed by atoms with Gasteiger partial charge in [0.15, 0.2) is 5.82 Å². The number of benzene rings is 1. The number of aromatic nitrogens is 2. The summed E-state index contributed by atoms with van der Waals surface area (Å²) in [6, 6.07) is 7.82. The molecule has 0 bridgehead atoms. The smallest absolute Gasteiger partial charge is 0.161 e. The van der Waals surface area contributed by atoms with Gasteiger partial charge in [-0.2, -0.15) is 0 Å². The molecule has 0 saturated heterocycles. The largest absolute Gasteiger partial charge is 0.233 e. The Balaban J connectivity index is 2.07. The van der Waals surface area contributed by atoms with Crippen LogP contribution in [0.1, 0.15) is 24.5 Å². The topological polar surface area (TPSA) is 25.8 Å². The van der Waals surface area contributed by atoms with Crippen molar-refractivity contribution in [3.8, 4) is 11.4 Å². The van der Waals surface area contributed by atoms with Gasteiger partial charge in [0.2, 0.25) is 0 Å². The maximum absolute atomic E-state index is 6.07. The summed E-state index contributed by atoms with van der Waals surface area (Å²) in [4.78, 5) is 8.91. The highest BCUT2D eigenvalue weighted by atomic mass is 79.9. The van der Waals surface area contributed by atoms with Crippen molar-refractivity contribution < 1.29 is 0 Å². The highest BCUT2D eigenvalue weighted by Crippen LogP contribution is 2.40. The molecule has 5 heteroatoms. The summed E-state index contributed by atoms with van der Waals surface area (Å²) >= 11 is 13.0. The van der Waals surface area contributed by atoms with Gasteiger partial charge in [-0.25, -0.2) is 9.97 Å². The molecule has 0 atom stereocenters. The van der Waals surface area contributed by atoms with Crippen molar-refractivity contribution in [1.29, 1.82) is 0 Å². The van der Waals surface area contributed by atoms with E-state index in [1.807, 2.05) is 24.3 Å². The van der Waals surface area contributed by atoms with Crippen LogP contribution < -0.4 is 0 Å². The molecule has 0 aliphatic heterocycles. The molecule has 2 nitrogen and oxygen atoms in total. The quantitative estimate of drug-likeness (QED) is 0.661. The summed E-state index contributed by atoms with van der Waals surface area (Å²) in [5.74, 6) is 1.26. The Bertz CT molecular complexity index is 612. The third-order valence-electron chi connectivity index (χ3n) is 2.89. The van der Waals surface area contributed by atoms with E-state index in [1.165, 1.54) is 12.8 Å². The lowest BCUT2D eigenvalue weighted by Gasteiger charge is -2.05. The predicted octanol–water partition coefficient (Wildman–Crippen LogP) is 5.20. The molecule has 1 aromatic carbocycles. The zero-order valence-corrected chi connectivity index (χ0v) is 13.3. The Morgan fingerprint density at radius 1 is 1.06 bits per heavy atom. The minimum Gasteiger partial charge on any atom is -0.233 e. The van der Waals surface area contributed by atoms with Gasteiger partial charge in [0, 0.05) is 26.1 Å². The molecule has 92 valence electrons. The van der Waals surface area contributed by atoms with Crippen LogP contribution in [0, 0.1) is 0 Å². The summed E-state index contributed by atoms with van der Waals surface area (Å²) in [7, 11) is 0. The second-order valence-electron chi connectivity index (χ2n) is 4.34. The first-order valence-electron chi connectivity index (χ1n) is 5.63. The van der Waals surface area contributed by atoms with E-state index in [2.05, 4.69) is 41.8 Å². The van der Waals surface area contributed by atoms with Gasteiger partial charge in [-0.15, -0.1) is 0 Å². The molecular formula is C13H9Br2ClN2. The zero-order chi connectivity index (χ0) is 12.7. The molecule has 0 spiro atoms. The number of halogens is 3. The van der Waals surface area contributed by atoms with E-state index in [0.717, 1.165) is 20.2 Å². The maximum atomic E-state index is 6.07. The molecule has 1 heterocycles. The van der Waals surface area contributed by atoms with E-state index in [9.17, 15) is 0 Å². The number of rotatable bonds is 2. The van der Waals surface area contributed by atoms with Crippen LogP contribution in [0.2, 0.25) is 5.15 Å². The summed E-state index contributed by atoms with van der Waals surface area (Å²) in [5, 5.41) is 0.515. The van der Waals surface area contributed by atoms with Crippen LogP contribution in [-0.4, -0.2) is 9.97 Å². The molecule has 0 radical (unpaired) electrons. The Kier molecular flexibility index (Phi) is 3.43. The Hall–Kier alpha value is -0.450. The third-order valence-corrected chi connectivity index (χ3v) is 4.96. The molecule has 3 rings (SSSR count). The molecular weight excluding hydrogens is 379 g/mol. The highest BCUT2D eigenvalue weighted by molar-refractivity contribution is 9.13. The van der Waals surface area contributed by atoms with Gasteiger partial charge < -0.3 is 0 Å². The van der Waals surface area contributed by atoms with Gasteiger partial charge in [0.05, 0.1) is 0 Å². The van der Waals surface area contributed by atoms with Gasteiger partial charge in [-0.3, -0.25) is 0 Å². The van der Waals surface area contributed by atoms with E-state index in [4.69, 9.17) is 11.6 Å². The fourth-order valence-electron chi connectivity index (χ4n) is 1.79. The first-order valence-corrected chi connectivity index (χ1v) is 7.60. The van der Waals surface area contributed by atoms with E-state index < -0.39 is 0 Å². The third kappa shape index (κ3) is 2.60. The van der Waals surface area contributed by atoms with Gasteiger partial charge in [-0.05, 0) is 69.0 Å². The SMILES string of the molecule is Clc1cc(C2CC2)nc(-c2ccc(Br)c(Br)c2)n1. The molecule has 0 unspecified atom stereocenters. The van der Waals surface area contributed by atoms with Crippen molar-refractivity contribution in [3.05, 3.63) is 44.1 Å². The van der Waals surface area contributed by atoms with Crippen molar-refractivity contribution in [1.82, 2.24) is 9.97 Å². The molecule has 2 aromatic rings. The van der Waals surface area contributed by atoms with Crippen LogP contribution in [-0.2, 0) is 0 Å². The molecule has 1 aliphatic rings. The maximum Gasteiger partial charge on any atom is 0.161 e. The van der Waals surface area contributed by atoms with Crippen molar-refractivity contribution in [2.45, 2.75) is 18.8 Å². The lowest BCUT2D eigenvalue weighted by Crippen LogP contribution is -1.95. The Labute approximate surface area is 127 Å². The van der Waals surface area contributed by atoms with Crippen LogP contribution in [0.25, 0.3) is 11.4 Å². The Morgan fingerprint density at radius 2 is 1.83 bits per heavy atom. The van der Waals surface area contributed by atoms with Crippen molar-refractivity contribution >= 4 is 43.5 Å². The predicted molar refractivity (Wildman–Crippen MR) is 79.9 cm³/mol. The minimum absolute atomic E-state index is 0.515. The van der Waals surface area contributed by atoms with Crippen LogP contribution in [0.4, 0.5) is 0 Å². The monoisotopic (exact) mass is 386 g/mol. The van der Waals surface area contributed by atoms with Crippen molar-refractivity contribution in [3.63, 3.8) is 0 Å². The van der Waals surface area contributed by atoms with E-state index in [0.29, 0.717) is 16.9 Å². The van der Waals surface area contributed by atoms with Crippen molar-refractivity contribution in [2.75, 3.05) is 0 Å². The minimum atomic E-state index is 0.515. The fourth-order valence-corrected chi connectivity index (χ4v) is 2.60. The summed E-state index contributed by atoms with van der Waals surface area (Å²) in [6.45, 7) is 0. The highest BCUT2D eigenvalue weighted by Gasteiger charge is 2.26. The van der Waals surface area contributed by atoms with E-state index in [1.54, 1.807) is 0 Å². The van der Waals surface area contributed by atoms with Gasteiger partial charge in [0.25, 0.3) is 0 Å². The summed E-state index contributed by atoms with van der Waals surface area (Å²) in [6.07, 6.45) is 2.41. The molecule has 0 N–H and O–H groups in total. The van der Waals surface area contributed by atoms with E-state index >= 15 is 0 Å². The zero-order valence-electron chi connectivity index (χ0n) is 9.33. The van der Waals surface area contributed by atoms with Gasteiger partial charge in [0.1, 0.15) is 5.15 Å². The molecule has 1 aliphatic carbocycles. The molecule has 0 amide bonds. The lowest BCUT2D eigenvalue weighted by molar-refractivity contribution is 0.994. The van der Waals surface area contributed by atoms with Crippen LogP contribution in [0.5, 0.6) is 0 Å². The van der Waals surface area contributed by atoms with Gasteiger partial charge >= 0.3 is 0 Å². The number of hydrogen-bond acceptors (Lipinski definition) is 2. The molecule has 1 fully saturated rings. The van der Waals surface area contributed by atoms with E-state index in [-0.39, 0.29) is 0 Å². The van der Waals surface area contributed by atoms with Crippen LogP contribution in [0.15, 0.2) is 33.2 Å². The summed E-state index contributed by atoms with van der Waals surface area (Å²) in [5.41, 5.74) is 2.03. The molecule has 1 aromatic heterocycles. The second kappa shape index (κ2) is 4.91. The second-order valence-corrected chi connectivity index (χ2v) is 6.44. The number of nitrogens with zero attached hydrogens (tertiary/aromatic N) is 2. The van der Waals surface area contributed by atoms with Crippen molar-refractivity contribution in [2.24, 2.45) is 0 Å². The van der Waals surface area contributed by atoms with Gasteiger partial charge in [-0.1, -0.05) is 11.6 Å². The average molecular weight is 388 g/mol. The first-order chi connectivity index (χ1) is 8.63. The van der Waals surface area contributed by atoms with Crippen LogP contribution in [0.3, 0.4) is 0 Å².